The summed E-state index contributed by atoms with van der Waals surface area (Å²) in [4.78, 5) is 16.9. The molecule has 27 heavy (non-hydrogen) atoms. The lowest BCUT2D eigenvalue weighted by Gasteiger charge is -2.07. The van der Waals surface area contributed by atoms with Crippen molar-refractivity contribution in [3.05, 3.63) is 95.6 Å². The van der Waals surface area contributed by atoms with Crippen molar-refractivity contribution < 1.29 is 14.4 Å². The van der Waals surface area contributed by atoms with Gasteiger partial charge >= 0.3 is 5.97 Å². The fraction of sp³-hybridized carbons (Fsp3) is 0.0455. The van der Waals surface area contributed by atoms with E-state index in [0.29, 0.717) is 16.8 Å². The van der Waals surface area contributed by atoms with E-state index in [9.17, 15) is 10.1 Å². The lowest BCUT2D eigenvalue weighted by atomic mass is 9.97. The van der Waals surface area contributed by atoms with Gasteiger partial charge in [-0.2, -0.15) is 5.26 Å². The third-order valence-electron chi connectivity index (χ3n) is 3.89. The van der Waals surface area contributed by atoms with E-state index in [2.05, 4.69) is 11.2 Å². The zero-order chi connectivity index (χ0) is 19.1. The van der Waals surface area contributed by atoms with E-state index in [-0.39, 0.29) is 0 Å². The molecule has 0 aliphatic heterocycles. The van der Waals surface area contributed by atoms with Crippen molar-refractivity contribution in [2.45, 2.75) is 0 Å². The van der Waals surface area contributed by atoms with Gasteiger partial charge in [-0.25, -0.2) is 4.79 Å². The third kappa shape index (κ3) is 4.39. The molecule has 2 aromatic carbocycles. The lowest BCUT2D eigenvalue weighted by Crippen LogP contribution is -2.03. The van der Waals surface area contributed by atoms with Crippen molar-refractivity contribution >= 4 is 17.3 Å². The van der Waals surface area contributed by atoms with Gasteiger partial charge in [0.1, 0.15) is 17.5 Å². The Hall–Kier alpha value is -3.91. The molecule has 5 nitrogen and oxygen atoms in total. The van der Waals surface area contributed by atoms with E-state index >= 15 is 0 Å². The molecule has 0 saturated carbocycles. The summed E-state index contributed by atoms with van der Waals surface area (Å²) in [5.41, 5.74) is 2.98. The van der Waals surface area contributed by atoms with Gasteiger partial charge in [-0.3, -0.25) is 0 Å². The van der Waals surface area contributed by atoms with Gasteiger partial charge in [0.05, 0.1) is 18.2 Å². The molecule has 2 aromatic rings. The number of carbonyl (C=O) groups excluding carboxylic acids is 1. The zero-order valence-electron chi connectivity index (χ0n) is 14.6. The summed E-state index contributed by atoms with van der Waals surface area (Å²) in [6, 6.07) is 18.1. The standard InChI is InChI=1S/C22H16N2O3/c1-26-20-13-9-17(10-14-20)21(15-23)16-7-11-19(12-8-16)24-27-22(25)18-5-3-2-4-6-18/h2-14H,1H3. The minimum atomic E-state index is -0.526. The van der Waals surface area contributed by atoms with Crippen molar-refractivity contribution in [1.82, 2.24) is 0 Å². The number of ether oxygens (including phenoxy) is 1. The van der Waals surface area contributed by atoms with Crippen LogP contribution in [0.5, 0.6) is 5.75 Å². The van der Waals surface area contributed by atoms with Crippen LogP contribution in [-0.4, -0.2) is 18.8 Å². The molecule has 0 aromatic heterocycles. The summed E-state index contributed by atoms with van der Waals surface area (Å²) in [5.74, 6) is 0.201. The van der Waals surface area contributed by atoms with Gasteiger partial charge in [0.25, 0.3) is 0 Å². The highest BCUT2D eigenvalue weighted by Crippen LogP contribution is 2.24. The first-order valence-corrected chi connectivity index (χ1v) is 8.20. The van der Waals surface area contributed by atoms with Crippen LogP contribution in [0.3, 0.4) is 0 Å². The molecule has 5 heteroatoms. The van der Waals surface area contributed by atoms with Crippen LogP contribution in [0.25, 0.3) is 5.57 Å². The molecule has 132 valence electrons. The average Bonchev–Trinajstić information content (AvgIpc) is 2.74. The largest absolute Gasteiger partial charge is 0.497 e. The van der Waals surface area contributed by atoms with Crippen LogP contribution >= 0.6 is 0 Å². The lowest BCUT2D eigenvalue weighted by molar-refractivity contribution is 0.0517. The van der Waals surface area contributed by atoms with Gasteiger partial charge < -0.3 is 9.57 Å². The van der Waals surface area contributed by atoms with Crippen molar-refractivity contribution in [2.75, 3.05) is 7.11 Å². The highest BCUT2D eigenvalue weighted by molar-refractivity contribution is 6.07. The molecular weight excluding hydrogens is 340 g/mol. The number of benzene rings is 2. The van der Waals surface area contributed by atoms with Crippen LogP contribution < -0.4 is 4.74 Å². The van der Waals surface area contributed by atoms with Crippen LogP contribution in [0, 0.1) is 11.3 Å². The van der Waals surface area contributed by atoms with Gasteiger partial charge in [-0.15, -0.1) is 0 Å². The Labute approximate surface area is 157 Å². The number of rotatable bonds is 4. The van der Waals surface area contributed by atoms with E-state index < -0.39 is 5.97 Å². The second kappa shape index (κ2) is 8.45. The number of nitriles is 1. The molecule has 0 amide bonds. The van der Waals surface area contributed by atoms with Crippen molar-refractivity contribution in [1.29, 1.82) is 5.26 Å². The average molecular weight is 356 g/mol. The fourth-order valence-corrected chi connectivity index (χ4v) is 2.46. The number of hydrogen-bond acceptors (Lipinski definition) is 5. The van der Waals surface area contributed by atoms with Gasteiger partial charge in [-0.1, -0.05) is 35.5 Å². The number of oxime groups is 1. The van der Waals surface area contributed by atoms with Crippen LogP contribution in [0.2, 0.25) is 0 Å². The van der Waals surface area contributed by atoms with E-state index in [4.69, 9.17) is 9.57 Å². The number of methoxy groups -OCH3 is 1. The first-order valence-electron chi connectivity index (χ1n) is 8.20. The van der Waals surface area contributed by atoms with Crippen molar-refractivity contribution in [3.63, 3.8) is 0 Å². The normalized spacial score (nSPS) is 12.3. The first-order chi connectivity index (χ1) is 13.2. The van der Waals surface area contributed by atoms with Crippen LogP contribution in [-0.2, 0) is 4.84 Å². The molecule has 0 bridgehead atoms. The number of nitrogens with zero attached hydrogens (tertiary/aromatic N) is 2. The molecule has 0 heterocycles. The monoisotopic (exact) mass is 356 g/mol. The summed E-state index contributed by atoms with van der Waals surface area (Å²) >= 11 is 0. The Morgan fingerprint density at radius 3 is 2.19 bits per heavy atom. The van der Waals surface area contributed by atoms with Gasteiger partial charge in [0.2, 0.25) is 0 Å². The molecule has 1 aliphatic rings. The molecule has 1 aliphatic carbocycles. The predicted octanol–water partition coefficient (Wildman–Crippen LogP) is 4.31. The van der Waals surface area contributed by atoms with Crippen LogP contribution in [0.1, 0.15) is 15.9 Å². The molecule has 3 rings (SSSR count). The third-order valence-corrected chi connectivity index (χ3v) is 3.89. The van der Waals surface area contributed by atoms with Crippen LogP contribution in [0.15, 0.2) is 89.6 Å². The first kappa shape index (κ1) is 17.9. The summed E-state index contributed by atoms with van der Waals surface area (Å²) in [7, 11) is 1.59. The van der Waals surface area contributed by atoms with Crippen molar-refractivity contribution in [2.24, 2.45) is 5.16 Å². The maximum atomic E-state index is 11.9. The fourth-order valence-electron chi connectivity index (χ4n) is 2.46. The smallest absolute Gasteiger partial charge is 0.365 e. The molecule has 0 fully saturated rings. The minimum Gasteiger partial charge on any atom is -0.497 e. The van der Waals surface area contributed by atoms with Gasteiger partial charge in [0, 0.05) is 0 Å². The molecular formula is C22H16N2O3. The van der Waals surface area contributed by atoms with E-state index in [0.717, 1.165) is 16.9 Å². The molecule has 0 saturated heterocycles. The Bertz CT molecular complexity index is 974. The minimum absolute atomic E-state index is 0.428. The van der Waals surface area contributed by atoms with E-state index in [1.807, 2.05) is 18.2 Å². The van der Waals surface area contributed by atoms with E-state index in [1.165, 1.54) is 0 Å². The number of hydrogen-bond donors (Lipinski definition) is 0. The topological polar surface area (TPSA) is 71.7 Å². The van der Waals surface area contributed by atoms with Gasteiger partial charge in [-0.05, 0) is 59.7 Å². The summed E-state index contributed by atoms with van der Waals surface area (Å²) in [6.45, 7) is 0. The molecule has 0 radical (unpaired) electrons. The molecule has 0 spiro atoms. The second-order valence-corrected chi connectivity index (χ2v) is 5.60. The Kier molecular flexibility index (Phi) is 5.60. The van der Waals surface area contributed by atoms with Gasteiger partial charge in [0.15, 0.2) is 0 Å². The van der Waals surface area contributed by atoms with Crippen LogP contribution in [0.4, 0.5) is 0 Å². The summed E-state index contributed by atoms with van der Waals surface area (Å²) < 4.78 is 5.14. The number of carbonyl (C=O) groups is 1. The molecule has 0 N–H and O–H groups in total. The highest BCUT2D eigenvalue weighted by Gasteiger charge is 2.10. The maximum Gasteiger partial charge on any atom is 0.365 e. The van der Waals surface area contributed by atoms with Crippen molar-refractivity contribution in [3.8, 4) is 11.8 Å². The van der Waals surface area contributed by atoms with E-state index in [1.54, 1.807) is 67.8 Å². The Morgan fingerprint density at radius 1 is 0.926 bits per heavy atom. The summed E-state index contributed by atoms with van der Waals surface area (Å²) in [5, 5.41) is 13.4. The highest BCUT2D eigenvalue weighted by atomic mass is 16.7. The Morgan fingerprint density at radius 2 is 1.59 bits per heavy atom. The summed E-state index contributed by atoms with van der Waals surface area (Å²) in [6.07, 6.45) is 6.90. The molecule has 0 atom stereocenters. The Balaban J connectivity index is 1.74. The predicted molar refractivity (Wildman–Crippen MR) is 103 cm³/mol. The number of allylic oxidation sites excluding steroid dienone is 6. The SMILES string of the molecule is COc1ccc(C(C#N)=C2C=CC(=NOC(=O)c3ccccc3)C=C2)cc1. The zero-order valence-corrected chi connectivity index (χ0v) is 14.6. The second-order valence-electron chi connectivity index (χ2n) is 5.60. The quantitative estimate of drug-likeness (QED) is 0.465. The maximum absolute atomic E-state index is 11.9. The molecule has 0 unspecified atom stereocenters.